The van der Waals surface area contributed by atoms with E-state index < -0.39 is 26.1 Å². The number of anilines is 1. The van der Waals surface area contributed by atoms with Crippen LogP contribution in [0.4, 0.5) is 5.69 Å². The largest absolute Gasteiger partial charge is 0.507 e. The molecule has 3 aromatic rings. The van der Waals surface area contributed by atoms with E-state index in [9.17, 15) is 29.8 Å². The zero-order valence-corrected chi connectivity index (χ0v) is 26.4. The van der Waals surface area contributed by atoms with Crippen molar-refractivity contribution in [3.63, 3.8) is 0 Å². The topological polar surface area (TPSA) is 128 Å². The van der Waals surface area contributed by atoms with Crippen molar-refractivity contribution in [2.75, 3.05) is 4.90 Å². The van der Waals surface area contributed by atoms with E-state index in [1.54, 1.807) is 18.2 Å². The van der Waals surface area contributed by atoms with Gasteiger partial charge in [0.1, 0.15) is 5.75 Å². The fourth-order valence-electron chi connectivity index (χ4n) is 7.94. The predicted molar refractivity (Wildman–Crippen MR) is 181 cm³/mol. The van der Waals surface area contributed by atoms with E-state index in [1.165, 1.54) is 22.6 Å². The van der Waals surface area contributed by atoms with Gasteiger partial charge in [-0.1, -0.05) is 86.4 Å². The summed E-state index contributed by atoms with van der Waals surface area (Å²) in [4.78, 5) is 29.1. The van der Waals surface area contributed by atoms with Gasteiger partial charge in [0.15, 0.2) is 0 Å². The van der Waals surface area contributed by atoms with Gasteiger partial charge in [-0.3, -0.25) is 14.5 Å². The summed E-state index contributed by atoms with van der Waals surface area (Å²) < 4.78 is 6.23. The lowest BCUT2D eigenvalue weighted by atomic mass is 9.58. The fourth-order valence-corrected chi connectivity index (χ4v) is 7.94. The predicted octanol–water partition coefficient (Wildman–Crippen LogP) is 4.99. The van der Waals surface area contributed by atoms with Crippen molar-refractivity contribution < 1.29 is 34.4 Å². The number of hydrogen-bond donors (Lipinski definition) is 4. The molecule has 0 spiro atoms. The van der Waals surface area contributed by atoms with Gasteiger partial charge >= 0.3 is 14.2 Å². The molecule has 3 aromatic carbocycles. The molecule has 46 heavy (non-hydrogen) atoms. The first-order valence-electron chi connectivity index (χ1n) is 16.5. The van der Waals surface area contributed by atoms with Gasteiger partial charge in [0.25, 0.3) is 0 Å². The Bertz CT molecular complexity index is 1700. The van der Waals surface area contributed by atoms with Crippen LogP contribution in [0.5, 0.6) is 5.75 Å². The number of rotatable bonds is 10. The maximum Gasteiger partial charge on any atom is 0.488 e. The van der Waals surface area contributed by atoms with E-state index >= 15 is 0 Å². The molecule has 8 nitrogen and oxygen atoms in total. The maximum absolute atomic E-state index is 14.1. The minimum absolute atomic E-state index is 0.205. The lowest BCUT2D eigenvalue weighted by Gasteiger charge is -2.43. The Morgan fingerprint density at radius 1 is 0.978 bits per heavy atom. The van der Waals surface area contributed by atoms with Crippen LogP contribution in [-0.4, -0.2) is 52.3 Å². The highest BCUT2D eigenvalue weighted by Gasteiger charge is 2.57. The number of phenols is 1. The molecule has 1 aliphatic carbocycles. The van der Waals surface area contributed by atoms with Gasteiger partial charge in [0.05, 0.1) is 23.6 Å². The SMILES string of the molecule is CCCC1=C2[C@@H](CC/C(=C/c3ccc(O)c4ccccc34)CCC)OB(O)C[C@@H]2[C@@H]2C(=O)N(c3cccc(B(O)O)c3)C(=O)[C@@H]2C1. The summed E-state index contributed by atoms with van der Waals surface area (Å²) in [5, 5.41) is 42.6. The zero-order valence-electron chi connectivity index (χ0n) is 26.4. The smallest absolute Gasteiger partial charge is 0.488 e. The minimum atomic E-state index is -1.72. The number of carbonyl (C=O) groups excluding carboxylic acids is 2. The molecule has 4 atom stereocenters. The van der Waals surface area contributed by atoms with E-state index in [0.29, 0.717) is 18.5 Å². The van der Waals surface area contributed by atoms with Crippen molar-refractivity contribution in [3.05, 3.63) is 82.9 Å². The third-order valence-electron chi connectivity index (χ3n) is 9.88. The molecule has 0 aromatic heterocycles. The summed E-state index contributed by atoms with van der Waals surface area (Å²) in [6.45, 7) is 4.25. The molecule has 0 bridgehead atoms. The molecular weight excluding hydrogens is 580 g/mol. The van der Waals surface area contributed by atoms with Crippen LogP contribution in [0.15, 0.2) is 77.4 Å². The van der Waals surface area contributed by atoms with Crippen LogP contribution in [0.25, 0.3) is 16.8 Å². The Balaban J connectivity index is 1.31. The first-order valence-corrected chi connectivity index (χ1v) is 16.5. The van der Waals surface area contributed by atoms with Gasteiger partial charge in [0, 0.05) is 5.39 Å². The van der Waals surface area contributed by atoms with E-state index in [4.69, 9.17) is 4.65 Å². The van der Waals surface area contributed by atoms with Crippen molar-refractivity contribution >= 4 is 54.0 Å². The van der Waals surface area contributed by atoms with Crippen LogP contribution in [0.3, 0.4) is 0 Å². The summed E-state index contributed by atoms with van der Waals surface area (Å²) >= 11 is 0. The Morgan fingerprint density at radius 2 is 1.76 bits per heavy atom. The van der Waals surface area contributed by atoms with Crippen LogP contribution >= 0.6 is 0 Å². The molecule has 238 valence electrons. The summed E-state index contributed by atoms with van der Waals surface area (Å²) in [5.74, 6) is -1.80. The molecule has 2 saturated heterocycles. The quantitative estimate of drug-likeness (QED) is 0.143. The number of amides is 2. The standard InChI is InChI=1S/C36H41B2NO7/c1-3-8-22(18-23-15-16-31(40)28-13-6-5-12-27(23)28)14-17-32-33-24(9-4-2)19-29-34(30(33)21-37(43)46-32)36(42)39(35(29)41)26-11-7-10-25(20-26)38(44)45/h5-7,10-13,15-16,18,20,29-30,32,34,40,43-45H,3-4,8-9,14,17,19,21H2,1-2H3/b22-18+/t29-,30+,32-,34-/m1/s1. The molecule has 6 rings (SSSR count). The molecule has 2 heterocycles. The first kappa shape index (κ1) is 32.3. The molecule has 2 fully saturated rings. The minimum Gasteiger partial charge on any atom is -0.507 e. The van der Waals surface area contributed by atoms with Crippen LogP contribution in [-0.2, 0) is 14.2 Å². The number of imide groups is 1. The fraction of sp³-hybridized carbons (Fsp3) is 0.389. The number of phenolic OH excluding ortho intramolecular Hbond substituents is 1. The summed E-state index contributed by atoms with van der Waals surface area (Å²) in [6.07, 6.45) is 7.45. The van der Waals surface area contributed by atoms with E-state index in [-0.39, 0.29) is 41.4 Å². The monoisotopic (exact) mass is 621 g/mol. The Morgan fingerprint density at radius 3 is 2.50 bits per heavy atom. The van der Waals surface area contributed by atoms with Crippen LogP contribution in [0.1, 0.15) is 64.4 Å². The average molecular weight is 621 g/mol. The number of hydrogen-bond acceptors (Lipinski definition) is 7. The zero-order chi connectivity index (χ0) is 32.5. The normalized spacial score (nSPS) is 23.3. The summed E-state index contributed by atoms with van der Waals surface area (Å²) in [6, 6.07) is 17.7. The second-order valence-electron chi connectivity index (χ2n) is 12.9. The van der Waals surface area contributed by atoms with Gasteiger partial charge in [-0.25, -0.2) is 0 Å². The van der Waals surface area contributed by atoms with Gasteiger partial charge < -0.3 is 24.8 Å². The highest BCUT2D eigenvalue weighted by molar-refractivity contribution is 6.58. The third kappa shape index (κ3) is 6.07. The van der Waals surface area contributed by atoms with Gasteiger partial charge in [-0.15, -0.1) is 0 Å². The van der Waals surface area contributed by atoms with Crippen molar-refractivity contribution in [3.8, 4) is 5.75 Å². The van der Waals surface area contributed by atoms with Crippen molar-refractivity contribution in [2.24, 2.45) is 17.8 Å². The first-order chi connectivity index (χ1) is 22.2. The molecule has 10 heteroatoms. The summed E-state index contributed by atoms with van der Waals surface area (Å²) in [5.41, 5.74) is 5.04. The number of nitrogens with zero attached hydrogens (tertiary/aromatic N) is 1. The highest BCUT2D eigenvalue weighted by Crippen LogP contribution is 2.52. The Kier molecular flexibility index (Phi) is 9.52. The van der Waals surface area contributed by atoms with Crippen LogP contribution < -0.4 is 10.4 Å². The molecule has 2 aliphatic heterocycles. The van der Waals surface area contributed by atoms with Crippen molar-refractivity contribution in [1.82, 2.24) is 0 Å². The number of benzene rings is 3. The summed E-state index contributed by atoms with van der Waals surface area (Å²) in [7, 11) is -2.77. The number of fused-ring (bicyclic) bond motifs is 4. The lowest BCUT2D eigenvalue weighted by molar-refractivity contribution is -0.122. The number of aromatic hydroxyl groups is 1. The molecule has 0 radical (unpaired) electrons. The van der Waals surface area contributed by atoms with E-state index in [1.807, 2.05) is 30.3 Å². The Labute approximate surface area is 270 Å². The second kappa shape index (κ2) is 13.6. The number of carbonyl (C=O) groups is 2. The van der Waals surface area contributed by atoms with E-state index in [2.05, 4.69) is 19.9 Å². The molecule has 2 amide bonds. The number of allylic oxidation sites excluding steroid dienone is 2. The molecule has 3 aliphatic rings. The second-order valence-corrected chi connectivity index (χ2v) is 12.9. The van der Waals surface area contributed by atoms with Crippen molar-refractivity contribution in [1.29, 1.82) is 0 Å². The third-order valence-corrected chi connectivity index (χ3v) is 9.88. The lowest BCUT2D eigenvalue weighted by Crippen LogP contribution is -2.46. The molecular formula is C36H41B2NO7. The van der Waals surface area contributed by atoms with Crippen molar-refractivity contribution in [2.45, 2.75) is 71.2 Å². The molecule has 4 N–H and O–H groups in total. The Hall–Kier alpha value is -3.69. The van der Waals surface area contributed by atoms with Gasteiger partial charge in [0.2, 0.25) is 11.8 Å². The van der Waals surface area contributed by atoms with Crippen LogP contribution in [0, 0.1) is 17.8 Å². The maximum atomic E-state index is 14.1. The van der Waals surface area contributed by atoms with E-state index in [0.717, 1.165) is 59.6 Å². The average Bonchev–Trinajstić information content (AvgIpc) is 3.30. The molecule has 0 unspecified atom stereocenters. The van der Waals surface area contributed by atoms with Crippen LogP contribution in [0.2, 0.25) is 6.32 Å². The highest BCUT2D eigenvalue weighted by atomic mass is 16.5. The van der Waals surface area contributed by atoms with Gasteiger partial charge in [-0.05, 0) is 84.5 Å². The molecule has 0 saturated carbocycles. The van der Waals surface area contributed by atoms with Gasteiger partial charge in [-0.2, -0.15) is 0 Å².